The first-order valence-electron chi connectivity index (χ1n) is 8.26. The molecule has 0 aliphatic carbocycles. The van der Waals surface area contributed by atoms with Crippen molar-refractivity contribution >= 4 is 11.8 Å². The number of likely N-dealkylation sites (tertiary alicyclic amines) is 1. The Labute approximate surface area is 143 Å². The van der Waals surface area contributed by atoms with E-state index in [2.05, 4.69) is 10.2 Å². The molecule has 1 unspecified atom stereocenters. The zero-order chi connectivity index (χ0) is 17.5. The number of rotatable bonds is 6. The summed E-state index contributed by atoms with van der Waals surface area (Å²) in [4.78, 5) is 28.1. The molecule has 24 heavy (non-hydrogen) atoms. The maximum Gasteiger partial charge on any atom is 0.251 e. The lowest BCUT2D eigenvalue weighted by molar-refractivity contribution is -0.133. The highest BCUT2D eigenvalue weighted by atomic mass is 16.2. The van der Waals surface area contributed by atoms with E-state index >= 15 is 0 Å². The molecule has 1 aliphatic rings. The fraction of sp³-hybridized carbons (Fsp3) is 0.500. The Bertz CT molecular complexity index is 636. The molecule has 1 aromatic carbocycles. The van der Waals surface area contributed by atoms with Gasteiger partial charge in [-0.3, -0.25) is 14.5 Å². The van der Waals surface area contributed by atoms with E-state index in [-0.39, 0.29) is 17.9 Å². The lowest BCUT2D eigenvalue weighted by Gasteiger charge is -2.26. The van der Waals surface area contributed by atoms with E-state index in [4.69, 9.17) is 5.26 Å². The van der Waals surface area contributed by atoms with Crippen LogP contribution in [0.3, 0.4) is 0 Å². The topological polar surface area (TPSA) is 76.4 Å². The SMILES string of the molecule is CN(C)C(=O)C1CCCN1CCCNC(=O)c1cccc(C#N)c1. The average Bonchev–Trinajstić information content (AvgIpc) is 3.06. The quantitative estimate of drug-likeness (QED) is 0.797. The molecule has 1 N–H and O–H groups in total. The molecule has 1 fully saturated rings. The van der Waals surface area contributed by atoms with Gasteiger partial charge in [-0.15, -0.1) is 0 Å². The van der Waals surface area contributed by atoms with E-state index in [0.717, 1.165) is 32.4 Å². The van der Waals surface area contributed by atoms with Gasteiger partial charge in [-0.1, -0.05) is 6.07 Å². The zero-order valence-corrected chi connectivity index (χ0v) is 14.3. The maximum atomic E-state index is 12.1. The minimum absolute atomic E-state index is 0.0250. The average molecular weight is 328 g/mol. The zero-order valence-electron chi connectivity index (χ0n) is 14.3. The van der Waals surface area contributed by atoms with Crippen LogP contribution in [0.5, 0.6) is 0 Å². The van der Waals surface area contributed by atoms with Crippen LogP contribution in [0, 0.1) is 11.3 Å². The number of likely N-dealkylation sites (N-methyl/N-ethyl adjacent to an activating group) is 1. The van der Waals surface area contributed by atoms with Gasteiger partial charge in [0.25, 0.3) is 5.91 Å². The lowest BCUT2D eigenvalue weighted by atomic mass is 10.1. The molecule has 1 saturated heterocycles. The van der Waals surface area contributed by atoms with Gasteiger partial charge in [-0.25, -0.2) is 0 Å². The molecule has 6 nitrogen and oxygen atoms in total. The van der Waals surface area contributed by atoms with Crippen LogP contribution in [-0.2, 0) is 4.79 Å². The van der Waals surface area contributed by atoms with Crippen molar-refractivity contribution in [2.24, 2.45) is 0 Å². The number of nitrogens with zero attached hydrogens (tertiary/aromatic N) is 3. The van der Waals surface area contributed by atoms with Gasteiger partial charge in [0.15, 0.2) is 0 Å². The van der Waals surface area contributed by atoms with Crippen LogP contribution in [0.4, 0.5) is 0 Å². The normalized spacial score (nSPS) is 17.3. The predicted molar refractivity (Wildman–Crippen MR) is 91.4 cm³/mol. The second-order valence-electron chi connectivity index (χ2n) is 6.23. The summed E-state index contributed by atoms with van der Waals surface area (Å²) in [5.74, 6) is -0.0145. The standard InChI is InChI=1S/C18H24N4O2/c1-21(2)18(24)16-8-4-10-22(16)11-5-9-20-17(23)15-7-3-6-14(12-15)13-19/h3,6-7,12,16H,4-5,8-11H2,1-2H3,(H,20,23). The minimum atomic E-state index is -0.172. The first kappa shape index (κ1) is 18.0. The summed E-state index contributed by atoms with van der Waals surface area (Å²) >= 11 is 0. The Hall–Kier alpha value is -2.39. The third-order valence-electron chi connectivity index (χ3n) is 4.25. The monoisotopic (exact) mass is 328 g/mol. The molecule has 0 aromatic heterocycles. The molecule has 2 rings (SSSR count). The second kappa shape index (κ2) is 8.46. The fourth-order valence-electron chi connectivity index (χ4n) is 2.99. The van der Waals surface area contributed by atoms with Gasteiger partial charge in [-0.05, 0) is 44.0 Å². The van der Waals surface area contributed by atoms with Crippen molar-refractivity contribution in [1.29, 1.82) is 5.26 Å². The number of carbonyl (C=O) groups is 2. The highest BCUT2D eigenvalue weighted by molar-refractivity contribution is 5.94. The van der Waals surface area contributed by atoms with Crippen LogP contribution < -0.4 is 5.32 Å². The van der Waals surface area contributed by atoms with Crippen LogP contribution in [0.25, 0.3) is 0 Å². The van der Waals surface area contributed by atoms with Gasteiger partial charge in [0.1, 0.15) is 0 Å². The first-order valence-corrected chi connectivity index (χ1v) is 8.26. The number of hydrogen-bond donors (Lipinski definition) is 1. The van der Waals surface area contributed by atoms with Gasteiger partial charge < -0.3 is 10.2 Å². The van der Waals surface area contributed by atoms with E-state index < -0.39 is 0 Å². The summed E-state index contributed by atoms with van der Waals surface area (Å²) in [7, 11) is 3.57. The third-order valence-corrected chi connectivity index (χ3v) is 4.25. The molecule has 1 heterocycles. The number of nitrogens with one attached hydrogen (secondary N) is 1. The molecule has 0 spiro atoms. The Kier molecular flexibility index (Phi) is 6.33. The summed E-state index contributed by atoms with van der Waals surface area (Å²) < 4.78 is 0. The lowest BCUT2D eigenvalue weighted by Crippen LogP contribution is -2.43. The smallest absolute Gasteiger partial charge is 0.251 e. The van der Waals surface area contributed by atoms with E-state index in [1.807, 2.05) is 6.07 Å². The molecular weight excluding hydrogens is 304 g/mol. The van der Waals surface area contributed by atoms with Crippen LogP contribution in [-0.4, -0.2) is 61.4 Å². The Morgan fingerprint density at radius 2 is 2.21 bits per heavy atom. The number of nitriles is 1. The molecule has 1 aromatic rings. The molecular formula is C18H24N4O2. The van der Waals surface area contributed by atoms with E-state index in [9.17, 15) is 9.59 Å². The van der Waals surface area contributed by atoms with Crippen molar-refractivity contribution in [3.8, 4) is 6.07 Å². The summed E-state index contributed by atoms with van der Waals surface area (Å²) in [6.07, 6.45) is 2.74. The van der Waals surface area contributed by atoms with Crippen molar-refractivity contribution in [2.75, 3.05) is 33.7 Å². The van der Waals surface area contributed by atoms with Gasteiger partial charge in [0.05, 0.1) is 17.7 Å². The molecule has 0 saturated carbocycles. The Morgan fingerprint density at radius 3 is 2.92 bits per heavy atom. The van der Waals surface area contributed by atoms with Crippen LogP contribution in [0.2, 0.25) is 0 Å². The summed E-state index contributed by atoms with van der Waals surface area (Å²) in [6.45, 7) is 2.28. The molecule has 6 heteroatoms. The van der Waals surface area contributed by atoms with Gasteiger partial charge in [-0.2, -0.15) is 5.26 Å². The molecule has 128 valence electrons. The molecule has 0 radical (unpaired) electrons. The number of hydrogen-bond acceptors (Lipinski definition) is 4. The number of carbonyl (C=O) groups excluding carboxylic acids is 2. The number of amides is 2. The van der Waals surface area contributed by atoms with Gasteiger partial charge >= 0.3 is 0 Å². The van der Waals surface area contributed by atoms with Crippen LogP contribution in [0.1, 0.15) is 35.2 Å². The van der Waals surface area contributed by atoms with E-state index in [1.165, 1.54) is 0 Å². The molecule has 1 aliphatic heterocycles. The fourth-order valence-corrected chi connectivity index (χ4v) is 2.99. The molecule has 0 bridgehead atoms. The molecule has 2 amide bonds. The van der Waals surface area contributed by atoms with Crippen molar-refractivity contribution in [3.63, 3.8) is 0 Å². The van der Waals surface area contributed by atoms with Crippen molar-refractivity contribution in [1.82, 2.24) is 15.1 Å². The Morgan fingerprint density at radius 1 is 1.42 bits per heavy atom. The van der Waals surface area contributed by atoms with Crippen molar-refractivity contribution < 1.29 is 9.59 Å². The van der Waals surface area contributed by atoms with Crippen LogP contribution in [0.15, 0.2) is 24.3 Å². The van der Waals surface area contributed by atoms with E-state index in [0.29, 0.717) is 17.7 Å². The first-order chi connectivity index (χ1) is 11.5. The second-order valence-corrected chi connectivity index (χ2v) is 6.23. The van der Waals surface area contributed by atoms with E-state index in [1.54, 1.807) is 43.3 Å². The largest absolute Gasteiger partial charge is 0.352 e. The highest BCUT2D eigenvalue weighted by Crippen LogP contribution is 2.18. The summed E-state index contributed by atoms with van der Waals surface area (Å²) in [6, 6.07) is 8.66. The summed E-state index contributed by atoms with van der Waals surface area (Å²) in [5.41, 5.74) is 0.973. The maximum absolute atomic E-state index is 12.1. The number of benzene rings is 1. The third kappa shape index (κ3) is 4.56. The Balaban J connectivity index is 1.77. The van der Waals surface area contributed by atoms with Crippen LogP contribution >= 0.6 is 0 Å². The predicted octanol–water partition coefficient (Wildman–Crippen LogP) is 1.23. The molecule has 1 atom stereocenters. The minimum Gasteiger partial charge on any atom is -0.352 e. The van der Waals surface area contributed by atoms with Gasteiger partial charge in [0, 0.05) is 32.7 Å². The van der Waals surface area contributed by atoms with Gasteiger partial charge in [0.2, 0.25) is 5.91 Å². The highest BCUT2D eigenvalue weighted by Gasteiger charge is 2.30. The summed E-state index contributed by atoms with van der Waals surface area (Å²) in [5, 5.41) is 11.7. The van der Waals surface area contributed by atoms with Crippen molar-refractivity contribution in [3.05, 3.63) is 35.4 Å². The van der Waals surface area contributed by atoms with Crippen molar-refractivity contribution in [2.45, 2.75) is 25.3 Å².